The van der Waals surface area contributed by atoms with Crippen LogP contribution in [0.3, 0.4) is 0 Å². The van der Waals surface area contributed by atoms with Crippen LogP contribution >= 0.6 is 15.9 Å². The molecule has 0 aromatic heterocycles. The van der Waals surface area contributed by atoms with E-state index in [9.17, 15) is 8.42 Å². The Morgan fingerprint density at radius 3 is 2.68 bits per heavy atom. The molecule has 108 valence electrons. The molecule has 19 heavy (non-hydrogen) atoms. The molecule has 0 amide bonds. The van der Waals surface area contributed by atoms with Crippen molar-refractivity contribution in [2.45, 2.75) is 26.2 Å². The van der Waals surface area contributed by atoms with E-state index < -0.39 is 9.84 Å². The number of halogens is 1. The molecule has 1 aromatic carbocycles. The average Bonchev–Trinajstić information content (AvgIpc) is 2.37. The minimum Gasteiger partial charge on any atom is -0.330 e. The zero-order chi connectivity index (χ0) is 14.3. The van der Waals surface area contributed by atoms with Crippen molar-refractivity contribution in [2.75, 3.05) is 18.1 Å². The molecule has 0 spiro atoms. The van der Waals surface area contributed by atoms with Crippen LogP contribution in [-0.2, 0) is 16.3 Å². The maximum absolute atomic E-state index is 11.4. The number of benzene rings is 1. The first-order chi connectivity index (χ1) is 8.96. The molecule has 1 aromatic rings. The highest BCUT2D eigenvalue weighted by Crippen LogP contribution is 2.17. The Labute approximate surface area is 124 Å². The Kier molecular flexibility index (Phi) is 7.04. The molecular weight excluding hydrogens is 326 g/mol. The lowest BCUT2D eigenvalue weighted by atomic mass is 9.95. The third kappa shape index (κ3) is 6.54. The van der Waals surface area contributed by atoms with Gasteiger partial charge < -0.3 is 5.73 Å². The number of rotatable bonds is 8. The molecule has 1 atom stereocenters. The van der Waals surface area contributed by atoms with Gasteiger partial charge in [0.25, 0.3) is 0 Å². The monoisotopic (exact) mass is 347 g/mol. The third-order valence-corrected chi connectivity index (χ3v) is 5.54. The molecule has 0 saturated carbocycles. The van der Waals surface area contributed by atoms with E-state index in [4.69, 9.17) is 5.73 Å². The zero-order valence-electron chi connectivity index (χ0n) is 11.3. The van der Waals surface area contributed by atoms with Crippen LogP contribution in [0.5, 0.6) is 0 Å². The Balaban J connectivity index is 2.46. The minimum absolute atomic E-state index is 0.228. The SMILES string of the molecule is CCS(=O)(=O)CCCC(CN)Cc1cccc(Br)c1. The second-order valence-electron chi connectivity index (χ2n) is 4.81. The van der Waals surface area contributed by atoms with Gasteiger partial charge in [-0.2, -0.15) is 0 Å². The number of hydrogen-bond acceptors (Lipinski definition) is 3. The summed E-state index contributed by atoms with van der Waals surface area (Å²) in [5.74, 6) is 0.853. The van der Waals surface area contributed by atoms with Gasteiger partial charge in [0.1, 0.15) is 9.84 Å². The molecule has 0 saturated heterocycles. The maximum atomic E-state index is 11.4. The highest BCUT2D eigenvalue weighted by atomic mass is 79.9. The van der Waals surface area contributed by atoms with Gasteiger partial charge in [0.2, 0.25) is 0 Å². The van der Waals surface area contributed by atoms with Gasteiger partial charge in [-0.1, -0.05) is 35.0 Å². The van der Waals surface area contributed by atoms with Gasteiger partial charge in [0, 0.05) is 10.2 Å². The summed E-state index contributed by atoms with van der Waals surface area (Å²) in [4.78, 5) is 0. The molecule has 3 nitrogen and oxygen atoms in total. The van der Waals surface area contributed by atoms with E-state index in [1.54, 1.807) is 6.92 Å². The first kappa shape index (κ1) is 16.7. The molecule has 0 heterocycles. The van der Waals surface area contributed by atoms with E-state index >= 15 is 0 Å². The van der Waals surface area contributed by atoms with Crippen LogP contribution in [0.2, 0.25) is 0 Å². The number of nitrogens with two attached hydrogens (primary N) is 1. The van der Waals surface area contributed by atoms with Crippen LogP contribution in [0.25, 0.3) is 0 Å². The van der Waals surface area contributed by atoms with Gasteiger partial charge in [-0.05, 0) is 49.4 Å². The van der Waals surface area contributed by atoms with E-state index in [0.29, 0.717) is 18.9 Å². The molecule has 0 radical (unpaired) electrons. The Hall–Kier alpha value is -0.390. The molecule has 2 N–H and O–H groups in total. The predicted molar refractivity (Wildman–Crippen MR) is 84.0 cm³/mol. The summed E-state index contributed by atoms with van der Waals surface area (Å²) in [7, 11) is -2.85. The summed E-state index contributed by atoms with van der Waals surface area (Å²) in [5.41, 5.74) is 7.02. The van der Waals surface area contributed by atoms with E-state index in [2.05, 4.69) is 28.1 Å². The normalized spacial score (nSPS) is 13.4. The average molecular weight is 348 g/mol. The van der Waals surface area contributed by atoms with E-state index in [1.807, 2.05) is 12.1 Å². The van der Waals surface area contributed by atoms with Crippen molar-refractivity contribution >= 4 is 25.8 Å². The topological polar surface area (TPSA) is 60.2 Å². The second-order valence-corrected chi connectivity index (χ2v) is 8.20. The first-order valence-corrected chi connectivity index (χ1v) is 9.23. The van der Waals surface area contributed by atoms with Crippen LogP contribution in [0.15, 0.2) is 28.7 Å². The summed E-state index contributed by atoms with van der Waals surface area (Å²) in [5, 5.41) is 0. The van der Waals surface area contributed by atoms with Gasteiger partial charge in [-0.15, -0.1) is 0 Å². The largest absolute Gasteiger partial charge is 0.330 e. The van der Waals surface area contributed by atoms with Crippen molar-refractivity contribution in [1.82, 2.24) is 0 Å². The van der Waals surface area contributed by atoms with Crippen LogP contribution in [0.1, 0.15) is 25.3 Å². The maximum Gasteiger partial charge on any atom is 0.150 e. The fourth-order valence-electron chi connectivity index (χ4n) is 2.04. The summed E-state index contributed by atoms with van der Waals surface area (Å²) in [6.45, 7) is 2.29. The standard InChI is InChI=1S/C14H22BrNO2S/c1-2-19(17,18)8-4-6-13(11-16)9-12-5-3-7-14(15)10-12/h3,5,7,10,13H,2,4,6,8-9,11,16H2,1H3. The van der Waals surface area contributed by atoms with Gasteiger partial charge in [-0.25, -0.2) is 8.42 Å². The fraction of sp³-hybridized carbons (Fsp3) is 0.571. The van der Waals surface area contributed by atoms with Crippen LogP contribution < -0.4 is 5.73 Å². The summed E-state index contributed by atoms with van der Waals surface area (Å²) < 4.78 is 23.9. The Bertz CT molecular complexity index is 488. The second kappa shape index (κ2) is 8.02. The summed E-state index contributed by atoms with van der Waals surface area (Å²) >= 11 is 3.45. The molecule has 0 aliphatic rings. The molecular formula is C14H22BrNO2S. The molecule has 5 heteroatoms. The molecule has 1 rings (SSSR count). The Morgan fingerprint density at radius 1 is 1.37 bits per heavy atom. The lowest BCUT2D eigenvalue weighted by Gasteiger charge is -2.14. The van der Waals surface area contributed by atoms with Gasteiger partial charge in [0.15, 0.2) is 0 Å². The number of hydrogen-bond donors (Lipinski definition) is 1. The molecule has 0 bridgehead atoms. The lowest BCUT2D eigenvalue weighted by molar-refractivity contribution is 0.485. The van der Waals surface area contributed by atoms with Crippen molar-refractivity contribution < 1.29 is 8.42 Å². The van der Waals surface area contributed by atoms with E-state index in [0.717, 1.165) is 17.3 Å². The Morgan fingerprint density at radius 2 is 2.11 bits per heavy atom. The van der Waals surface area contributed by atoms with E-state index in [1.165, 1.54) is 5.56 Å². The molecule has 1 unspecified atom stereocenters. The van der Waals surface area contributed by atoms with Crippen molar-refractivity contribution in [2.24, 2.45) is 11.7 Å². The summed E-state index contributed by atoms with van der Waals surface area (Å²) in [6.07, 6.45) is 2.47. The molecule has 0 aliphatic carbocycles. The van der Waals surface area contributed by atoms with Gasteiger partial charge in [-0.3, -0.25) is 0 Å². The van der Waals surface area contributed by atoms with Gasteiger partial charge >= 0.3 is 0 Å². The van der Waals surface area contributed by atoms with E-state index in [-0.39, 0.29) is 11.5 Å². The van der Waals surface area contributed by atoms with Gasteiger partial charge in [0.05, 0.1) is 5.75 Å². The molecule has 0 aliphatic heterocycles. The van der Waals surface area contributed by atoms with Crippen LogP contribution in [-0.4, -0.2) is 26.5 Å². The van der Waals surface area contributed by atoms with Crippen molar-refractivity contribution in [3.63, 3.8) is 0 Å². The van der Waals surface area contributed by atoms with Crippen molar-refractivity contribution in [3.8, 4) is 0 Å². The lowest BCUT2D eigenvalue weighted by Crippen LogP contribution is -2.18. The first-order valence-electron chi connectivity index (χ1n) is 6.61. The number of sulfone groups is 1. The van der Waals surface area contributed by atoms with Crippen LogP contribution in [0.4, 0.5) is 0 Å². The summed E-state index contributed by atoms with van der Waals surface area (Å²) in [6, 6.07) is 8.17. The van der Waals surface area contributed by atoms with Crippen molar-refractivity contribution in [1.29, 1.82) is 0 Å². The quantitative estimate of drug-likeness (QED) is 0.786. The van der Waals surface area contributed by atoms with Crippen molar-refractivity contribution in [3.05, 3.63) is 34.3 Å². The zero-order valence-corrected chi connectivity index (χ0v) is 13.7. The third-order valence-electron chi connectivity index (χ3n) is 3.25. The highest BCUT2D eigenvalue weighted by Gasteiger charge is 2.12. The highest BCUT2D eigenvalue weighted by molar-refractivity contribution is 9.10. The molecule has 0 fully saturated rings. The fourth-order valence-corrected chi connectivity index (χ4v) is 3.38. The predicted octanol–water partition coefficient (Wildman–Crippen LogP) is 2.78. The smallest absolute Gasteiger partial charge is 0.150 e. The minimum atomic E-state index is -2.85. The van der Waals surface area contributed by atoms with Crippen LogP contribution in [0, 0.1) is 5.92 Å².